The first-order valence-electron chi connectivity index (χ1n) is 6.58. The number of nitrogens with zero attached hydrogens (tertiary/aromatic N) is 2. The summed E-state index contributed by atoms with van der Waals surface area (Å²) >= 11 is 0. The van der Waals surface area contributed by atoms with E-state index in [-0.39, 0.29) is 11.9 Å². The molecule has 100 valence electrons. The van der Waals surface area contributed by atoms with Crippen molar-refractivity contribution in [3.63, 3.8) is 0 Å². The molecule has 1 fully saturated rings. The maximum absolute atomic E-state index is 12.0. The Bertz CT molecular complexity index is 395. The standard InChI is InChI=1S/C13H21N3O2/c1-10(2)16-12(4-7-15-16)13(17)14-6-3-11-5-8-18-9-11/h4,7,10-11H,3,5-6,8-9H2,1-2H3,(H,14,17)/t11-/m1/s1. The van der Waals surface area contributed by atoms with Crippen LogP contribution in [0.4, 0.5) is 0 Å². The quantitative estimate of drug-likeness (QED) is 0.865. The Labute approximate surface area is 108 Å². The summed E-state index contributed by atoms with van der Waals surface area (Å²) in [5.41, 5.74) is 0.632. The lowest BCUT2D eigenvalue weighted by molar-refractivity contribution is 0.0938. The van der Waals surface area contributed by atoms with Crippen LogP contribution in [-0.2, 0) is 4.74 Å². The monoisotopic (exact) mass is 251 g/mol. The second kappa shape index (κ2) is 6.00. The number of hydrogen-bond acceptors (Lipinski definition) is 3. The van der Waals surface area contributed by atoms with Gasteiger partial charge in [-0.25, -0.2) is 0 Å². The summed E-state index contributed by atoms with van der Waals surface area (Å²) in [6.07, 6.45) is 3.76. The van der Waals surface area contributed by atoms with Crippen LogP contribution in [0, 0.1) is 5.92 Å². The molecule has 1 aliphatic heterocycles. The highest BCUT2D eigenvalue weighted by Gasteiger charge is 2.17. The average molecular weight is 251 g/mol. The molecule has 2 rings (SSSR count). The van der Waals surface area contributed by atoms with Gasteiger partial charge in [0.1, 0.15) is 5.69 Å². The van der Waals surface area contributed by atoms with Crippen molar-refractivity contribution in [3.05, 3.63) is 18.0 Å². The molecule has 2 heterocycles. The molecule has 0 aliphatic carbocycles. The number of ether oxygens (including phenoxy) is 1. The molecule has 0 unspecified atom stereocenters. The third-order valence-corrected chi connectivity index (χ3v) is 3.25. The van der Waals surface area contributed by atoms with E-state index in [1.165, 1.54) is 0 Å². The number of aromatic nitrogens is 2. The smallest absolute Gasteiger partial charge is 0.269 e. The van der Waals surface area contributed by atoms with Crippen LogP contribution >= 0.6 is 0 Å². The van der Waals surface area contributed by atoms with Gasteiger partial charge in [-0.05, 0) is 38.7 Å². The van der Waals surface area contributed by atoms with Crippen molar-refractivity contribution in [2.75, 3.05) is 19.8 Å². The number of amides is 1. The van der Waals surface area contributed by atoms with Crippen LogP contribution < -0.4 is 5.32 Å². The number of carbonyl (C=O) groups excluding carboxylic acids is 1. The Kier molecular flexibility index (Phi) is 4.36. The van der Waals surface area contributed by atoms with Crippen molar-refractivity contribution in [2.45, 2.75) is 32.7 Å². The van der Waals surface area contributed by atoms with Gasteiger partial charge in [-0.15, -0.1) is 0 Å². The predicted octanol–water partition coefficient (Wildman–Crippen LogP) is 1.62. The topological polar surface area (TPSA) is 56.2 Å². The second-order valence-corrected chi connectivity index (χ2v) is 5.03. The molecule has 1 aromatic heterocycles. The van der Waals surface area contributed by atoms with Crippen LogP contribution in [0.1, 0.15) is 43.2 Å². The van der Waals surface area contributed by atoms with Gasteiger partial charge in [0.25, 0.3) is 5.91 Å². The molecule has 1 amide bonds. The lowest BCUT2D eigenvalue weighted by Gasteiger charge is -2.12. The van der Waals surface area contributed by atoms with Gasteiger partial charge in [-0.3, -0.25) is 9.48 Å². The Morgan fingerprint density at radius 1 is 1.67 bits per heavy atom. The highest BCUT2D eigenvalue weighted by molar-refractivity contribution is 5.92. The molecule has 1 atom stereocenters. The van der Waals surface area contributed by atoms with E-state index in [2.05, 4.69) is 10.4 Å². The summed E-state index contributed by atoms with van der Waals surface area (Å²) in [5, 5.41) is 7.11. The summed E-state index contributed by atoms with van der Waals surface area (Å²) in [4.78, 5) is 12.0. The first-order chi connectivity index (χ1) is 8.68. The molecule has 0 radical (unpaired) electrons. The van der Waals surface area contributed by atoms with E-state index < -0.39 is 0 Å². The summed E-state index contributed by atoms with van der Waals surface area (Å²) in [5.74, 6) is 0.556. The zero-order chi connectivity index (χ0) is 13.0. The highest BCUT2D eigenvalue weighted by atomic mass is 16.5. The van der Waals surface area contributed by atoms with Crippen molar-refractivity contribution in [3.8, 4) is 0 Å². The Balaban J connectivity index is 1.81. The van der Waals surface area contributed by atoms with Crippen LogP contribution in [0.3, 0.4) is 0 Å². The molecule has 18 heavy (non-hydrogen) atoms. The van der Waals surface area contributed by atoms with Gasteiger partial charge < -0.3 is 10.1 Å². The van der Waals surface area contributed by atoms with Crippen molar-refractivity contribution in [1.82, 2.24) is 15.1 Å². The van der Waals surface area contributed by atoms with E-state index in [1.807, 2.05) is 13.8 Å². The van der Waals surface area contributed by atoms with Crippen LogP contribution in [0.5, 0.6) is 0 Å². The SMILES string of the molecule is CC(C)n1nccc1C(=O)NCC[C@@H]1CCOC1. The average Bonchev–Trinajstić information content (AvgIpc) is 2.99. The first kappa shape index (κ1) is 13.1. The minimum Gasteiger partial charge on any atom is -0.381 e. The maximum Gasteiger partial charge on any atom is 0.269 e. The lowest BCUT2D eigenvalue weighted by Crippen LogP contribution is -2.28. The summed E-state index contributed by atoms with van der Waals surface area (Å²) in [6.45, 7) is 6.42. The molecule has 1 saturated heterocycles. The van der Waals surface area contributed by atoms with Crippen molar-refractivity contribution in [2.24, 2.45) is 5.92 Å². The predicted molar refractivity (Wildman–Crippen MR) is 68.5 cm³/mol. The number of hydrogen-bond donors (Lipinski definition) is 1. The molecule has 1 aromatic rings. The van der Waals surface area contributed by atoms with Gasteiger partial charge in [0.15, 0.2) is 0 Å². The molecular weight excluding hydrogens is 230 g/mol. The van der Waals surface area contributed by atoms with Crippen LogP contribution in [0.25, 0.3) is 0 Å². The summed E-state index contributed by atoms with van der Waals surface area (Å²) in [7, 11) is 0. The molecule has 5 nitrogen and oxygen atoms in total. The van der Waals surface area contributed by atoms with Gasteiger partial charge in [0.2, 0.25) is 0 Å². The Hall–Kier alpha value is -1.36. The molecule has 0 aromatic carbocycles. The maximum atomic E-state index is 12.0. The first-order valence-corrected chi connectivity index (χ1v) is 6.58. The number of rotatable bonds is 5. The van der Waals surface area contributed by atoms with Gasteiger partial charge in [-0.2, -0.15) is 5.10 Å². The molecule has 1 aliphatic rings. The second-order valence-electron chi connectivity index (χ2n) is 5.03. The largest absolute Gasteiger partial charge is 0.381 e. The Morgan fingerprint density at radius 3 is 3.17 bits per heavy atom. The minimum absolute atomic E-state index is 0.0416. The van der Waals surface area contributed by atoms with E-state index in [4.69, 9.17) is 4.74 Å². The molecule has 0 bridgehead atoms. The third-order valence-electron chi connectivity index (χ3n) is 3.25. The zero-order valence-electron chi connectivity index (χ0n) is 11.1. The van der Waals surface area contributed by atoms with Gasteiger partial charge in [0, 0.05) is 32.0 Å². The van der Waals surface area contributed by atoms with E-state index in [0.29, 0.717) is 18.2 Å². The summed E-state index contributed by atoms with van der Waals surface area (Å²) in [6, 6.07) is 1.96. The lowest BCUT2D eigenvalue weighted by atomic mass is 10.1. The van der Waals surface area contributed by atoms with E-state index in [1.54, 1.807) is 16.9 Å². The van der Waals surface area contributed by atoms with Gasteiger partial charge in [-0.1, -0.05) is 0 Å². The van der Waals surface area contributed by atoms with Gasteiger partial charge >= 0.3 is 0 Å². The number of nitrogens with one attached hydrogen (secondary N) is 1. The van der Waals surface area contributed by atoms with E-state index in [9.17, 15) is 4.79 Å². The fraction of sp³-hybridized carbons (Fsp3) is 0.692. The van der Waals surface area contributed by atoms with Crippen molar-refractivity contribution in [1.29, 1.82) is 0 Å². The summed E-state index contributed by atoms with van der Waals surface area (Å²) < 4.78 is 7.05. The van der Waals surface area contributed by atoms with E-state index in [0.717, 1.165) is 26.1 Å². The molecule has 5 heteroatoms. The van der Waals surface area contributed by atoms with Gasteiger partial charge in [0.05, 0.1) is 0 Å². The third kappa shape index (κ3) is 3.10. The fourth-order valence-electron chi connectivity index (χ4n) is 2.20. The minimum atomic E-state index is -0.0416. The van der Waals surface area contributed by atoms with Crippen LogP contribution in [-0.4, -0.2) is 35.4 Å². The number of carbonyl (C=O) groups is 1. The highest BCUT2D eigenvalue weighted by Crippen LogP contribution is 2.15. The van der Waals surface area contributed by atoms with Crippen LogP contribution in [0.15, 0.2) is 12.3 Å². The molecule has 0 saturated carbocycles. The molecule has 1 N–H and O–H groups in total. The zero-order valence-corrected chi connectivity index (χ0v) is 11.1. The van der Waals surface area contributed by atoms with Crippen LogP contribution in [0.2, 0.25) is 0 Å². The van der Waals surface area contributed by atoms with E-state index >= 15 is 0 Å². The Morgan fingerprint density at radius 2 is 2.50 bits per heavy atom. The normalized spacial score (nSPS) is 19.4. The molecular formula is C13H21N3O2. The van der Waals surface area contributed by atoms with Crippen molar-refractivity contribution < 1.29 is 9.53 Å². The molecule has 0 spiro atoms. The fourth-order valence-corrected chi connectivity index (χ4v) is 2.20. The van der Waals surface area contributed by atoms with Crippen molar-refractivity contribution >= 4 is 5.91 Å².